The summed E-state index contributed by atoms with van der Waals surface area (Å²) in [6.07, 6.45) is 0. The van der Waals surface area contributed by atoms with Gasteiger partial charge in [0.2, 0.25) is 0 Å². The summed E-state index contributed by atoms with van der Waals surface area (Å²) in [6.45, 7) is 2.01. The summed E-state index contributed by atoms with van der Waals surface area (Å²) in [6, 6.07) is 9.78. The highest BCUT2D eigenvalue weighted by molar-refractivity contribution is 7.16. The van der Waals surface area contributed by atoms with Gasteiger partial charge in [-0.15, -0.1) is 11.3 Å². The molecule has 3 heteroatoms. The predicted octanol–water partition coefficient (Wildman–Crippen LogP) is 3.96. The molecule has 1 nitrogen and oxygen atoms in total. The molecule has 2 N–H and O–H groups in total. The Morgan fingerprint density at radius 1 is 1.29 bits per heavy atom. The van der Waals surface area contributed by atoms with Crippen LogP contribution in [0, 0.1) is 6.92 Å². The highest BCUT2D eigenvalue weighted by atomic mass is 35.5. The first-order chi connectivity index (χ1) is 6.68. The first-order valence-electron chi connectivity index (χ1n) is 4.29. The van der Waals surface area contributed by atoms with E-state index < -0.39 is 0 Å². The van der Waals surface area contributed by atoms with Crippen molar-refractivity contribution in [2.24, 2.45) is 0 Å². The molecule has 1 aromatic carbocycles. The second-order valence-corrected chi connectivity index (χ2v) is 4.77. The topological polar surface area (TPSA) is 26.0 Å². The summed E-state index contributed by atoms with van der Waals surface area (Å²) in [7, 11) is 0. The molecule has 2 aromatic rings. The van der Waals surface area contributed by atoms with Gasteiger partial charge in [0.15, 0.2) is 0 Å². The van der Waals surface area contributed by atoms with Crippen molar-refractivity contribution in [1.82, 2.24) is 0 Å². The van der Waals surface area contributed by atoms with Gasteiger partial charge in [-0.2, -0.15) is 0 Å². The zero-order chi connectivity index (χ0) is 10.1. The molecule has 0 bridgehead atoms. The van der Waals surface area contributed by atoms with Crippen LogP contribution in [0.3, 0.4) is 0 Å². The lowest BCUT2D eigenvalue weighted by Gasteiger charge is -1.98. The molecule has 14 heavy (non-hydrogen) atoms. The van der Waals surface area contributed by atoms with Crippen LogP contribution in [0.2, 0.25) is 5.02 Å². The number of hydrogen-bond donors (Lipinski definition) is 1. The second kappa shape index (κ2) is 3.64. The van der Waals surface area contributed by atoms with E-state index in [1.807, 2.05) is 37.3 Å². The zero-order valence-corrected chi connectivity index (χ0v) is 9.32. The van der Waals surface area contributed by atoms with Gasteiger partial charge in [-0.25, -0.2) is 0 Å². The Hall–Kier alpha value is -0.990. The van der Waals surface area contributed by atoms with Crippen molar-refractivity contribution in [3.8, 4) is 10.4 Å². The standard InChI is InChI=1S/C11H10ClNS/c1-7-10(13)6-11(14-7)8-4-2-3-5-9(8)12/h2-6H,13H2,1H3. The number of thiophene rings is 1. The Morgan fingerprint density at radius 3 is 2.57 bits per heavy atom. The average Bonchev–Trinajstić information content (AvgIpc) is 2.48. The molecule has 0 aliphatic carbocycles. The van der Waals surface area contributed by atoms with Crippen molar-refractivity contribution in [3.05, 3.63) is 40.2 Å². The van der Waals surface area contributed by atoms with Gasteiger partial charge in [0.25, 0.3) is 0 Å². The molecule has 0 spiro atoms. The number of nitrogens with two attached hydrogens (primary N) is 1. The van der Waals surface area contributed by atoms with E-state index >= 15 is 0 Å². The fraction of sp³-hybridized carbons (Fsp3) is 0.0909. The van der Waals surface area contributed by atoms with Gasteiger partial charge in [-0.3, -0.25) is 0 Å². The van der Waals surface area contributed by atoms with Crippen LogP contribution in [0.15, 0.2) is 30.3 Å². The van der Waals surface area contributed by atoms with Gasteiger partial charge < -0.3 is 5.73 Å². The van der Waals surface area contributed by atoms with Gasteiger partial charge >= 0.3 is 0 Å². The van der Waals surface area contributed by atoms with E-state index in [4.69, 9.17) is 17.3 Å². The van der Waals surface area contributed by atoms with Gasteiger partial charge in [-0.1, -0.05) is 29.8 Å². The fourth-order valence-corrected chi connectivity index (χ4v) is 2.56. The Kier molecular flexibility index (Phi) is 2.48. The normalized spacial score (nSPS) is 10.4. The van der Waals surface area contributed by atoms with Crippen LogP contribution in [0.25, 0.3) is 10.4 Å². The third-order valence-corrected chi connectivity index (χ3v) is 3.52. The van der Waals surface area contributed by atoms with Crippen molar-refractivity contribution in [3.63, 3.8) is 0 Å². The quantitative estimate of drug-likeness (QED) is 0.778. The highest BCUT2D eigenvalue weighted by Crippen LogP contribution is 2.36. The van der Waals surface area contributed by atoms with Gasteiger partial charge in [0.05, 0.1) is 0 Å². The molecule has 0 aliphatic rings. The number of rotatable bonds is 1. The molecular weight excluding hydrogens is 214 g/mol. The van der Waals surface area contributed by atoms with Gasteiger partial charge in [0, 0.05) is 26.0 Å². The average molecular weight is 224 g/mol. The molecule has 0 radical (unpaired) electrons. The smallest absolute Gasteiger partial charge is 0.0492 e. The Bertz CT molecular complexity index is 443. The molecule has 0 saturated carbocycles. The van der Waals surface area contributed by atoms with E-state index in [0.717, 1.165) is 26.0 Å². The number of hydrogen-bond acceptors (Lipinski definition) is 2. The number of benzene rings is 1. The van der Waals surface area contributed by atoms with Gasteiger partial charge in [0.1, 0.15) is 0 Å². The number of aryl methyl sites for hydroxylation is 1. The summed E-state index contributed by atoms with van der Waals surface area (Å²) >= 11 is 7.76. The molecule has 0 fully saturated rings. The highest BCUT2D eigenvalue weighted by Gasteiger charge is 2.07. The SMILES string of the molecule is Cc1sc(-c2ccccc2Cl)cc1N. The first kappa shape index (κ1) is 9.56. The lowest BCUT2D eigenvalue weighted by Crippen LogP contribution is -1.80. The minimum absolute atomic E-state index is 0.772. The maximum atomic E-state index is 6.09. The van der Waals surface area contributed by atoms with Crippen molar-refractivity contribution in [2.45, 2.75) is 6.92 Å². The minimum atomic E-state index is 0.772. The zero-order valence-electron chi connectivity index (χ0n) is 7.75. The van der Waals surface area contributed by atoms with E-state index in [9.17, 15) is 0 Å². The fourth-order valence-electron chi connectivity index (χ4n) is 1.29. The molecular formula is C11H10ClNS. The number of nitrogen functional groups attached to an aromatic ring is 1. The summed E-state index contributed by atoms with van der Waals surface area (Å²) in [5.74, 6) is 0. The van der Waals surface area contributed by atoms with Crippen LogP contribution < -0.4 is 5.73 Å². The molecule has 1 heterocycles. The minimum Gasteiger partial charge on any atom is -0.398 e. The molecule has 0 atom stereocenters. The van der Waals surface area contributed by atoms with Crippen LogP contribution in [0.5, 0.6) is 0 Å². The van der Waals surface area contributed by atoms with Gasteiger partial charge in [-0.05, 0) is 19.1 Å². The van der Waals surface area contributed by atoms with Crippen LogP contribution in [0.1, 0.15) is 4.88 Å². The lowest BCUT2D eigenvalue weighted by atomic mass is 10.2. The molecule has 0 aliphatic heterocycles. The monoisotopic (exact) mass is 223 g/mol. The molecule has 0 amide bonds. The van der Waals surface area contributed by atoms with Crippen molar-refractivity contribution in [1.29, 1.82) is 0 Å². The van der Waals surface area contributed by atoms with Crippen molar-refractivity contribution in [2.75, 3.05) is 5.73 Å². The third kappa shape index (κ3) is 1.63. The summed E-state index contributed by atoms with van der Waals surface area (Å²) in [5, 5.41) is 0.772. The summed E-state index contributed by atoms with van der Waals surface area (Å²) in [5.41, 5.74) is 7.69. The number of anilines is 1. The van der Waals surface area contributed by atoms with Crippen LogP contribution in [-0.4, -0.2) is 0 Å². The Balaban J connectivity index is 2.55. The predicted molar refractivity (Wildman–Crippen MR) is 63.9 cm³/mol. The van der Waals surface area contributed by atoms with Crippen molar-refractivity contribution < 1.29 is 0 Å². The molecule has 0 saturated heterocycles. The molecule has 72 valence electrons. The largest absolute Gasteiger partial charge is 0.398 e. The van der Waals surface area contributed by atoms with Crippen molar-refractivity contribution >= 4 is 28.6 Å². The van der Waals surface area contributed by atoms with E-state index in [1.54, 1.807) is 11.3 Å². The summed E-state index contributed by atoms with van der Waals surface area (Å²) < 4.78 is 0. The summed E-state index contributed by atoms with van der Waals surface area (Å²) in [4.78, 5) is 2.27. The molecule has 2 rings (SSSR count). The van der Waals surface area contributed by atoms with E-state index in [2.05, 4.69) is 0 Å². The third-order valence-electron chi connectivity index (χ3n) is 2.10. The van der Waals surface area contributed by atoms with E-state index in [0.29, 0.717) is 0 Å². The lowest BCUT2D eigenvalue weighted by molar-refractivity contribution is 1.62. The Labute approximate surface area is 92.1 Å². The first-order valence-corrected chi connectivity index (χ1v) is 5.49. The Morgan fingerprint density at radius 2 is 2.00 bits per heavy atom. The molecule has 1 aromatic heterocycles. The van der Waals surface area contributed by atoms with Crippen LogP contribution in [0.4, 0.5) is 5.69 Å². The van der Waals surface area contributed by atoms with E-state index in [-0.39, 0.29) is 0 Å². The maximum Gasteiger partial charge on any atom is 0.0492 e. The number of halogens is 1. The maximum absolute atomic E-state index is 6.09. The molecule has 0 unspecified atom stereocenters. The van der Waals surface area contributed by atoms with Crippen LogP contribution in [-0.2, 0) is 0 Å². The van der Waals surface area contributed by atoms with E-state index in [1.165, 1.54) is 0 Å². The second-order valence-electron chi connectivity index (χ2n) is 3.10. The van der Waals surface area contributed by atoms with Crippen LogP contribution >= 0.6 is 22.9 Å².